The van der Waals surface area contributed by atoms with Crippen LogP contribution in [0.15, 0.2) is 48.8 Å². The Morgan fingerprint density at radius 2 is 1.83 bits per heavy atom. The molecule has 6 heteroatoms. The highest BCUT2D eigenvalue weighted by Crippen LogP contribution is 2.28. The second-order valence-electron chi connectivity index (χ2n) is 5.35. The Kier molecular flexibility index (Phi) is 4.62. The lowest BCUT2D eigenvalue weighted by Crippen LogP contribution is -2.06. The van der Waals surface area contributed by atoms with Gasteiger partial charge in [-0.3, -0.25) is 4.98 Å². The predicted molar refractivity (Wildman–Crippen MR) is 92.8 cm³/mol. The summed E-state index contributed by atoms with van der Waals surface area (Å²) in [4.78, 5) is 15.9. The third-order valence-electron chi connectivity index (χ3n) is 3.71. The number of benzene rings is 1. The minimum Gasteiger partial charge on any atom is -0.478 e. The Morgan fingerprint density at radius 3 is 2.42 bits per heavy atom. The molecule has 3 aromatic rings. The average molecular weight is 342 g/mol. The van der Waals surface area contributed by atoms with Gasteiger partial charge in [-0.1, -0.05) is 24.9 Å². The molecule has 24 heavy (non-hydrogen) atoms. The third kappa shape index (κ3) is 3.03. The lowest BCUT2D eigenvalue weighted by molar-refractivity contribution is 0.0696. The van der Waals surface area contributed by atoms with Crippen LogP contribution in [0.4, 0.5) is 0 Å². The molecule has 0 amide bonds. The molecule has 0 unspecified atom stereocenters. The van der Waals surface area contributed by atoms with E-state index in [4.69, 9.17) is 11.6 Å². The van der Waals surface area contributed by atoms with E-state index in [-0.39, 0.29) is 5.56 Å². The lowest BCUT2D eigenvalue weighted by atomic mass is 10.0. The van der Waals surface area contributed by atoms with Gasteiger partial charge in [0.05, 0.1) is 11.4 Å². The minimum atomic E-state index is -0.981. The highest BCUT2D eigenvalue weighted by molar-refractivity contribution is 6.30. The second kappa shape index (κ2) is 6.84. The van der Waals surface area contributed by atoms with Crippen LogP contribution in [-0.2, 0) is 6.42 Å². The topological polar surface area (TPSA) is 68.0 Å². The minimum absolute atomic E-state index is 0.234. The first kappa shape index (κ1) is 16.2. The molecular formula is C18H16ClN3O2. The Balaban J connectivity index is 2.25. The quantitative estimate of drug-likeness (QED) is 0.753. The Labute approximate surface area is 144 Å². The maximum Gasteiger partial charge on any atom is 0.339 e. The molecule has 3 rings (SSSR count). The van der Waals surface area contributed by atoms with E-state index in [1.807, 2.05) is 19.1 Å². The Morgan fingerprint density at radius 1 is 1.17 bits per heavy atom. The van der Waals surface area contributed by atoms with Crippen LogP contribution >= 0.6 is 11.6 Å². The van der Waals surface area contributed by atoms with Gasteiger partial charge in [-0.25, -0.2) is 9.48 Å². The van der Waals surface area contributed by atoms with E-state index in [9.17, 15) is 9.90 Å². The Hall–Kier alpha value is -2.66. The van der Waals surface area contributed by atoms with Gasteiger partial charge in [-0.05, 0) is 42.8 Å². The molecule has 0 bridgehead atoms. The van der Waals surface area contributed by atoms with Gasteiger partial charge in [0.25, 0.3) is 0 Å². The van der Waals surface area contributed by atoms with Gasteiger partial charge in [-0.2, -0.15) is 5.10 Å². The smallest absolute Gasteiger partial charge is 0.339 e. The number of carboxylic acid groups (broad SMARTS) is 1. The molecule has 0 aliphatic rings. The van der Waals surface area contributed by atoms with Crippen molar-refractivity contribution in [2.45, 2.75) is 19.8 Å². The normalized spacial score (nSPS) is 10.8. The van der Waals surface area contributed by atoms with Crippen molar-refractivity contribution in [2.24, 2.45) is 0 Å². The maximum absolute atomic E-state index is 11.9. The van der Waals surface area contributed by atoms with Crippen molar-refractivity contribution >= 4 is 17.6 Å². The summed E-state index contributed by atoms with van der Waals surface area (Å²) in [5.41, 5.74) is 2.87. The van der Waals surface area contributed by atoms with Crippen LogP contribution in [0.25, 0.3) is 16.9 Å². The molecule has 0 aliphatic heterocycles. The molecular weight excluding hydrogens is 326 g/mol. The molecule has 0 atom stereocenters. The van der Waals surface area contributed by atoms with E-state index in [1.54, 1.807) is 41.3 Å². The fourth-order valence-electron chi connectivity index (χ4n) is 2.65. The molecule has 122 valence electrons. The molecule has 0 saturated heterocycles. The SMILES string of the molecule is CCCc1c(C(=O)O)c(-c2ccncc2)nn1-c1ccc(Cl)cc1. The van der Waals surface area contributed by atoms with Crippen LogP contribution in [0.3, 0.4) is 0 Å². The van der Waals surface area contributed by atoms with Gasteiger partial charge < -0.3 is 5.11 Å². The highest BCUT2D eigenvalue weighted by atomic mass is 35.5. The van der Waals surface area contributed by atoms with Gasteiger partial charge in [-0.15, -0.1) is 0 Å². The van der Waals surface area contributed by atoms with Crippen molar-refractivity contribution in [3.63, 3.8) is 0 Å². The molecule has 2 heterocycles. The fraction of sp³-hybridized carbons (Fsp3) is 0.167. The fourth-order valence-corrected chi connectivity index (χ4v) is 2.78. The largest absolute Gasteiger partial charge is 0.478 e. The van der Waals surface area contributed by atoms with Gasteiger partial charge >= 0.3 is 5.97 Å². The number of pyridine rings is 1. The predicted octanol–water partition coefficient (Wildman–Crippen LogP) is 4.24. The Bertz CT molecular complexity index is 858. The number of aromatic nitrogens is 3. The molecule has 0 spiro atoms. The van der Waals surface area contributed by atoms with Gasteiger partial charge in [0.15, 0.2) is 0 Å². The number of hydrogen-bond acceptors (Lipinski definition) is 3. The summed E-state index contributed by atoms with van der Waals surface area (Å²) in [6.07, 6.45) is 4.68. The van der Waals surface area contributed by atoms with Crippen molar-refractivity contribution in [3.8, 4) is 16.9 Å². The van der Waals surface area contributed by atoms with Crippen LogP contribution in [-0.4, -0.2) is 25.8 Å². The lowest BCUT2D eigenvalue weighted by Gasteiger charge is -2.07. The van der Waals surface area contributed by atoms with Crippen molar-refractivity contribution in [3.05, 3.63) is 65.1 Å². The zero-order valence-corrected chi connectivity index (χ0v) is 13.9. The zero-order chi connectivity index (χ0) is 17.1. The highest BCUT2D eigenvalue weighted by Gasteiger charge is 2.24. The summed E-state index contributed by atoms with van der Waals surface area (Å²) in [5, 5.41) is 15.0. The first-order valence-corrected chi connectivity index (χ1v) is 8.01. The number of nitrogens with zero attached hydrogens (tertiary/aromatic N) is 3. The molecule has 5 nitrogen and oxygen atoms in total. The molecule has 0 radical (unpaired) electrons. The zero-order valence-electron chi connectivity index (χ0n) is 13.1. The van der Waals surface area contributed by atoms with Crippen LogP contribution in [0.5, 0.6) is 0 Å². The standard InChI is InChI=1S/C18H16ClN3O2/c1-2-3-15-16(18(23)24)17(12-8-10-20-11-9-12)21-22(15)14-6-4-13(19)5-7-14/h4-11H,2-3H2,1H3,(H,23,24). The van der Waals surface area contributed by atoms with Crippen LogP contribution in [0.1, 0.15) is 29.4 Å². The van der Waals surface area contributed by atoms with Crippen molar-refractivity contribution in [2.75, 3.05) is 0 Å². The van der Waals surface area contributed by atoms with E-state index in [0.717, 1.165) is 17.7 Å². The van der Waals surface area contributed by atoms with Crippen molar-refractivity contribution < 1.29 is 9.90 Å². The number of hydrogen-bond donors (Lipinski definition) is 1. The number of carbonyl (C=O) groups is 1. The van der Waals surface area contributed by atoms with E-state index >= 15 is 0 Å². The number of carboxylic acids is 1. The number of aromatic carboxylic acids is 1. The van der Waals surface area contributed by atoms with Gasteiger partial charge in [0.1, 0.15) is 11.3 Å². The maximum atomic E-state index is 11.9. The summed E-state index contributed by atoms with van der Waals surface area (Å²) >= 11 is 5.95. The van der Waals surface area contributed by atoms with E-state index in [2.05, 4.69) is 10.1 Å². The van der Waals surface area contributed by atoms with Crippen LogP contribution < -0.4 is 0 Å². The monoisotopic (exact) mass is 341 g/mol. The van der Waals surface area contributed by atoms with E-state index in [0.29, 0.717) is 22.8 Å². The molecule has 1 N–H and O–H groups in total. The van der Waals surface area contributed by atoms with Crippen LogP contribution in [0, 0.1) is 0 Å². The van der Waals surface area contributed by atoms with E-state index in [1.165, 1.54) is 0 Å². The summed E-state index contributed by atoms with van der Waals surface area (Å²) in [6.45, 7) is 2.01. The first-order chi connectivity index (χ1) is 11.6. The van der Waals surface area contributed by atoms with Crippen molar-refractivity contribution in [1.82, 2.24) is 14.8 Å². The third-order valence-corrected chi connectivity index (χ3v) is 3.96. The average Bonchev–Trinajstić information content (AvgIpc) is 2.96. The first-order valence-electron chi connectivity index (χ1n) is 7.63. The summed E-state index contributed by atoms with van der Waals surface area (Å²) < 4.78 is 1.69. The molecule has 1 aromatic carbocycles. The summed E-state index contributed by atoms with van der Waals surface area (Å²) in [7, 11) is 0. The van der Waals surface area contributed by atoms with Crippen LogP contribution in [0.2, 0.25) is 5.02 Å². The number of rotatable bonds is 5. The molecule has 2 aromatic heterocycles. The molecule has 0 aliphatic carbocycles. The summed E-state index contributed by atoms with van der Waals surface area (Å²) in [5.74, 6) is -0.981. The summed E-state index contributed by atoms with van der Waals surface area (Å²) in [6, 6.07) is 10.7. The van der Waals surface area contributed by atoms with Gasteiger partial charge in [0.2, 0.25) is 0 Å². The van der Waals surface area contributed by atoms with Crippen molar-refractivity contribution in [1.29, 1.82) is 0 Å². The molecule has 0 fully saturated rings. The van der Waals surface area contributed by atoms with Gasteiger partial charge in [0, 0.05) is 23.0 Å². The van der Waals surface area contributed by atoms with E-state index < -0.39 is 5.97 Å². The number of halogens is 1. The second-order valence-corrected chi connectivity index (χ2v) is 5.79. The molecule has 0 saturated carbocycles.